The first kappa shape index (κ1) is 10.5. The van der Waals surface area contributed by atoms with Gasteiger partial charge in [0.05, 0.1) is 12.2 Å². The van der Waals surface area contributed by atoms with Crippen molar-refractivity contribution in [1.29, 1.82) is 0 Å². The lowest BCUT2D eigenvalue weighted by Gasteiger charge is -2.25. The number of hydrogen-bond donors (Lipinski definition) is 1. The maximum absolute atomic E-state index is 12.3. The fraction of sp³-hybridized carbons (Fsp3) is 0.778. The average Bonchev–Trinajstić information content (AvgIpc) is 2.68. The molecular formula is C9H14F2N4. The Morgan fingerprint density at radius 1 is 1.33 bits per heavy atom. The highest BCUT2D eigenvalue weighted by atomic mass is 19.3. The molecule has 84 valence electrons. The second-order valence-electron chi connectivity index (χ2n) is 3.99. The zero-order valence-corrected chi connectivity index (χ0v) is 8.31. The lowest BCUT2D eigenvalue weighted by atomic mass is 9.92. The summed E-state index contributed by atoms with van der Waals surface area (Å²) in [4.78, 5) is 0. The van der Waals surface area contributed by atoms with Crippen LogP contribution < -0.4 is 5.73 Å². The van der Waals surface area contributed by atoms with Crippen molar-refractivity contribution < 1.29 is 8.78 Å². The molecular weight excluding hydrogens is 202 g/mol. The van der Waals surface area contributed by atoms with Crippen LogP contribution in [0.15, 0.2) is 6.20 Å². The first-order chi connectivity index (χ1) is 7.16. The van der Waals surface area contributed by atoms with Crippen LogP contribution in [0.2, 0.25) is 0 Å². The third-order valence-corrected chi connectivity index (χ3v) is 2.87. The van der Waals surface area contributed by atoms with E-state index in [4.69, 9.17) is 5.73 Å². The van der Waals surface area contributed by atoms with E-state index in [1.54, 1.807) is 4.68 Å². The van der Waals surface area contributed by atoms with E-state index >= 15 is 0 Å². The van der Waals surface area contributed by atoms with Crippen molar-refractivity contribution in [2.45, 2.75) is 44.2 Å². The Balaban J connectivity index is 2.03. The summed E-state index contributed by atoms with van der Waals surface area (Å²) in [6, 6.07) is 0.434. The molecule has 6 heteroatoms. The summed E-state index contributed by atoms with van der Waals surface area (Å²) in [5.41, 5.74) is 5.52. The van der Waals surface area contributed by atoms with Crippen LogP contribution in [-0.4, -0.2) is 21.0 Å². The predicted molar refractivity (Wildman–Crippen MR) is 50.5 cm³/mol. The molecule has 0 atom stereocenters. The van der Waals surface area contributed by atoms with E-state index in [2.05, 4.69) is 10.3 Å². The lowest BCUT2D eigenvalue weighted by molar-refractivity contribution is 0.146. The number of alkyl halides is 2. The van der Waals surface area contributed by atoms with Gasteiger partial charge in [-0.1, -0.05) is 5.21 Å². The Kier molecular flexibility index (Phi) is 2.95. The molecule has 0 radical (unpaired) electrons. The monoisotopic (exact) mass is 216 g/mol. The molecule has 2 N–H and O–H groups in total. The predicted octanol–water partition coefficient (Wildman–Crippen LogP) is 1.66. The molecule has 0 spiro atoms. The number of aromatic nitrogens is 3. The highest BCUT2D eigenvalue weighted by Gasteiger charge is 2.22. The van der Waals surface area contributed by atoms with E-state index in [1.165, 1.54) is 6.20 Å². The molecule has 1 aliphatic carbocycles. The smallest absolute Gasteiger partial charge is 0.283 e. The molecule has 0 saturated heterocycles. The summed E-state index contributed by atoms with van der Waals surface area (Å²) >= 11 is 0. The van der Waals surface area contributed by atoms with E-state index < -0.39 is 6.43 Å². The van der Waals surface area contributed by atoms with Crippen LogP contribution in [0, 0.1) is 0 Å². The van der Waals surface area contributed by atoms with Gasteiger partial charge in [-0.05, 0) is 25.7 Å². The molecule has 1 aliphatic rings. The SMILES string of the molecule is NC1CCC(n2cc(C(F)F)nn2)CC1. The number of hydrogen-bond acceptors (Lipinski definition) is 3. The van der Waals surface area contributed by atoms with Crippen molar-refractivity contribution >= 4 is 0 Å². The molecule has 1 aromatic rings. The Hall–Kier alpha value is -1.04. The molecule has 0 amide bonds. The van der Waals surface area contributed by atoms with Crippen LogP contribution in [0.3, 0.4) is 0 Å². The van der Waals surface area contributed by atoms with E-state index in [1.807, 2.05) is 0 Å². The molecule has 0 unspecified atom stereocenters. The van der Waals surface area contributed by atoms with Crippen LogP contribution in [0.1, 0.15) is 43.8 Å². The van der Waals surface area contributed by atoms with E-state index in [0.29, 0.717) is 0 Å². The first-order valence-corrected chi connectivity index (χ1v) is 5.12. The summed E-state index contributed by atoms with van der Waals surface area (Å²) < 4.78 is 26.1. The maximum Gasteiger partial charge on any atom is 0.283 e. The Bertz CT molecular complexity index is 318. The van der Waals surface area contributed by atoms with Crippen molar-refractivity contribution in [3.8, 4) is 0 Å². The largest absolute Gasteiger partial charge is 0.328 e. The van der Waals surface area contributed by atoms with Crippen molar-refractivity contribution in [1.82, 2.24) is 15.0 Å². The number of halogens is 2. The second kappa shape index (κ2) is 4.22. The highest BCUT2D eigenvalue weighted by Crippen LogP contribution is 2.27. The third-order valence-electron chi connectivity index (χ3n) is 2.87. The van der Waals surface area contributed by atoms with Crippen LogP contribution >= 0.6 is 0 Å². The number of nitrogens with two attached hydrogens (primary N) is 1. The van der Waals surface area contributed by atoms with Gasteiger partial charge in [-0.3, -0.25) is 0 Å². The summed E-state index contributed by atoms with van der Waals surface area (Å²) in [5.74, 6) is 0. The highest BCUT2D eigenvalue weighted by molar-refractivity contribution is 4.95. The summed E-state index contributed by atoms with van der Waals surface area (Å²) in [7, 11) is 0. The van der Waals surface area contributed by atoms with Crippen molar-refractivity contribution in [2.75, 3.05) is 0 Å². The van der Waals surface area contributed by atoms with Gasteiger partial charge in [0.25, 0.3) is 6.43 Å². The van der Waals surface area contributed by atoms with Crippen molar-refractivity contribution in [3.63, 3.8) is 0 Å². The molecule has 0 aromatic carbocycles. The van der Waals surface area contributed by atoms with Crippen molar-refractivity contribution in [3.05, 3.63) is 11.9 Å². The quantitative estimate of drug-likeness (QED) is 0.817. The third kappa shape index (κ3) is 2.31. The molecule has 1 aromatic heterocycles. The van der Waals surface area contributed by atoms with Gasteiger partial charge in [0.2, 0.25) is 0 Å². The Labute approximate surface area is 86.4 Å². The minimum atomic E-state index is -2.54. The number of nitrogens with zero attached hydrogens (tertiary/aromatic N) is 3. The lowest BCUT2D eigenvalue weighted by Crippen LogP contribution is -2.28. The standard InChI is InChI=1S/C9H14F2N4/c10-9(11)8-5-15(14-13-8)7-3-1-6(12)2-4-7/h5-7,9H,1-4,12H2. The fourth-order valence-electron chi connectivity index (χ4n) is 1.94. The summed E-state index contributed by atoms with van der Waals surface area (Å²) in [6.07, 6.45) is 2.44. The fourth-order valence-corrected chi connectivity index (χ4v) is 1.94. The van der Waals surface area contributed by atoms with Gasteiger partial charge in [-0.15, -0.1) is 5.10 Å². The molecule has 0 aliphatic heterocycles. The molecule has 1 heterocycles. The first-order valence-electron chi connectivity index (χ1n) is 5.12. The van der Waals surface area contributed by atoms with E-state index in [0.717, 1.165) is 25.7 Å². The van der Waals surface area contributed by atoms with Gasteiger partial charge in [0.15, 0.2) is 0 Å². The molecule has 1 fully saturated rings. The molecule has 4 nitrogen and oxygen atoms in total. The maximum atomic E-state index is 12.3. The Morgan fingerprint density at radius 2 is 2.00 bits per heavy atom. The van der Waals surface area contributed by atoms with Gasteiger partial charge < -0.3 is 5.73 Å². The molecule has 1 saturated carbocycles. The topological polar surface area (TPSA) is 56.7 Å². The summed E-state index contributed by atoms with van der Waals surface area (Å²) in [5, 5.41) is 7.17. The molecule has 0 bridgehead atoms. The number of rotatable bonds is 2. The van der Waals surface area contributed by atoms with Crippen LogP contribution in [0.5, 0.6) is 0 Å². The molecule has 2 rings (SSSR count). The minimum Gasteiger partial charge on any atom is -0.328 e. The van der Waals surface area contributed by atoms with Gasteiger partial charge in [-0.25, -0.2) is 13.5 Å². The van der Waals surface area contributed by atoms with E-state index in [-0.39, 0.29) is 17.8 Å². The second-order valence-corrected chi connectivity index (χ2v) is 3.99. The molecule has 15 heavy (non-hydrogen) atoms. The minimum absolute atomic E-state index is 0.185. The van der Waals surface area contributed by atoms with Gasteiger partial charge in [0, 0.05) is 6.04 Å². The van der Waals surface area contributed by atoms with Crippen LogP contribution in [0.4, 0.5) is 8.78 Å². The zero-order chi connectivity index (χ0) is 10.8. The summed E-state index contributed by atoms with van der Waals surface area (Å²) in [6.45, 7) is 0. The van der Waals surface area contributed by atoms with Crippen LogP contribution in [0.25, 0.3) is 0 Å². The Morgan fingerprint density at radius 3 is 2.53 bits per heavy atom. The van der Waals surface area contributed by atoms with E-state index in [9.17, 15) is 8.78 Å². The van der Waals surface area contributed by atoms with Gasteiger partial charge in [-0.2, -0.15) is 0 Å². The van der Waals surface area contributed by atoms with Crippen LogP contribution in [-0.2, 0) is 0 Å². The van der Waals surface area contributed by atoms with Gasteiger partial charge in [0.1, 0.15) is 5.69 Å². The van der Waals surface area contributed by atoms with Crippen molar-refractivity contribution in [2.24, 2.45) is 5.73 Å². The van der Waals surface area contributed by atoms with Gasteiger partial charge >= 0.3 is 0 Å². The average molecular weight is 216 g/mol. The normalized spacial score (nSPS) is 27.2. The zero-order valence-electron chi connectivity index (χ0n) is 8.31.